The second-order valence-corrected chi connectivity index (χ2v) is 5.39. The lowest BCUT2D eigenvalue weighted by Gasteiger charge is -2.32. The molecule has 3 rings (SSSR count). The van der Waals surface area contributed by atoms with Crippen LogP contribution in [0.15, 0.2) is 36.8 Å². The summed E-state index contributed by atoms with van der Waals surface area (Å²) in [5.74, 6) is -1.01. The number of phenols is 1. The van der Waals surface area contributed by atoms with Gasteiger partial charge in [0.15, 0.2) is 0 Å². The van der Waals surface area contributed by atoms with Gasteiger partial charge in [-0.3, -0.25) is 4.79 Å². The number of halogens is 1. The van der Waals surface area contributed by atoms with Crippen LogP contribution in [-0.2, 0) is 0 Å². The molecule has 0 spiro atoms. The highest BCUT2D eigenvalue weighted by molar-refractivity contribution is 5.96. The predicted octanol–water partition coefficient (Wildman–Crippen LogP) is 2.34. The highest BCUT2D eigenvalue weighted by atomic mass is 19.1. The van der Waals surface area contributed by atoms with Crippen molar-refractivity contribution in [1.29, 1.82) is 0 Å². The van der Waals surface area contributed by atoms with Crippen LogP contribution in [0, 0.1) is 5.82 Å². The second-order valence-electron chi connectivity index (χ2n) is 5.39. The second kappa shape index (κ2) is 6.09. The monoisotopic (exact) mass is 301 g/mol. The molecular weight excluding hydrogens is 285 g/mol. The fourth-order valence-corrected chi connectivity index (χ4v) is 2.80. The van der Waals surface area contributed by atoms with Gasteiger partial charge in [-0.25, -0.2) is 14.4 Å². The SMILES string of the molecule is O=C(c1ccc(F)cc1O)N1CCC[C@H](c2ccncn2)C1. The molecule has 1 aromatic carbocycles. The maximum atomic E-state index is 13.0. The van der Waals surface area contributed by atoms with Crippen LogP contribution in [0.25, 0.3) is 0 Å². The minimum absolute atomic E-state index is 0.129. The number of amides is 1. The number of benzene rings is 1. The van der Waals surface area contributed by atoms with E-state index in [-0.39, 0.29) is 23.1 Å². The Labute approximate surface area is 127 Å². The van der Waals surface area contributed by atoms with Crippen molar-refractivity contribution in [2.45, 2.75) is 18.8 Å². The summed E-state index contributed by atoms with van der Waals surface area (Å²) < 4.78 is 13.0. The molecule has 1 aromatic heterocycles. The van der Waals surface area contributed by atoms with E-state index in [0.29, 0.717) is 13.1 Å². The van der Waals surface area contributed by atoms with Gasteiger partial charge in [0.2, 0.25) is 0 Å². The molecule has 0 bridgehead atoms. The number of nitrogens with zero attached hydrogens (tertiary/aromatic N) is 3. The van der Waals surface area contributed by atoms with Gasteiger partial charge in [-0.05, 0) is 31.0 Å². The summed E-state index contributed by atoms with van der Waals surface area (Å²) >= 11 is 0. The van der Waals surface area contributed by atoms with Crippen LogP contribution in [-0.4, -0.2) is 39.0 Å². The first-order valence-electron chi connectivity index (χ1n) is 7.19. The van der Waals surface area contributed by atoms with Crippen LogP contribution in [0.1, 0.15) is 34.8 Å². The Morgan fingerprint density at radius 3 is 2.95 bits per heavy atom. The molecule has 1 N–H and O–H groups in total. The number of carbonyl (C=O) groups is 1. The lowest BCUT2D eigenvalue weighted by atomic mass is 9.94. The number of aromatic hydroxyl groups is 1. The molecule has 0 unspecified atom stereocenters. The Kier molecular flexibility index (Phi) is 4.00. The van der Waals surface area contributed by atoms with Gasteiger partial charge in [0.1, 0.15) is 17.9 Å². The van der Waals surface area contributed by atoms with Crippen molar-refractivity contribution in [3.8, 4) is 5.75 Å². The molecule has 1 fully saturated rings. The highest BCUT2D eigenvalue weighted by Crippen LogP contribution is 2.28. The van der Waals surface area contributed by atoms with E-state index in [1.165, 1.54) is 18.5 Å². The first-order chi connectivity index (χ1) is 10.6. The molecule has 22 heavy (non-hydrogen) atoms. The minimum atomic E-state index is -0.563. The van der Waals surface area contributed by atoms with Crippen LogP contribution >= 0.6 is 0 Å². The van der Waals surface area contributed by atoms with Gasteiger partial charge < -0.3 is 10.0 Å². The lowest BCUT2D eigenvalue weighted by molar-refractivity contribution is 0.0702. The number of phenolic OH excluding ortho intramolecular Hbond substituents is 1. The average Bonchev–Trinajstić information content (AvgIpc) is 2.55. The van der Waals surface area contributed by atoms with E-state index in [2.05, 4.69) is 9.97 Å². The quantitative estimate of drug-likeness (QED) is 0.924. The van der Waals surface area contributed by atoms with Crippen LogP contribution < -0.4 is 0 Å². The van der Waals surface area contributed by atoms with E-state index in [0.717, 1.165) is 24.6 Å². The number of piperidine rings is 1. The van der Waals surface area contributed by atoms with Gasteiger partial charge in [0, 0.05) is 37.0 Å². The maximum Gasteiger partial charge on any atom is 0.257 e. The summed E-state index contributed by atoms with van der Waals surface area (Å²) in [6.45, 7) is 1.16. The molecular formula is C16H16FN3O2. The summed E-state index contributed by atoms with van der Waals surface area (Å²) in [6.07, 6.45) is 5.01. The Morgan fingerprint density at radius 2 is 2.23 bits per heavy atom. The number of carbonyl (C=O) groups excluding carboxylic acids is 1. The summed E-state index contributed by atoms with van der Waals surface area (Å²) in [4.78, 5) is 22.4. The molecule has 2 aromatic rings. The van der Waals surface area contributed by atoms with Gasteiger partial charge in [-0.1, -0.05) is 0 Å². The minimum Gasteiger partial charge on any atom is -0.507 e. The third kappa shape index (κ3) is 2.90. The molecule has 5 nitrogen and oxygen atoms in total. The largest absolute Gasteiger partial charge is 0.507 e. The maximum absolute atomic E-state index is 13.0. The van der Waals surface area contributed by atoms with Crippen LogP contribution in [0.4, 0.5) is 4.39 Å². The zero-order valence-electron chi connectivity index (χ0n) is 11.9. The van der Waals surface area contributed by atoms with E-state index in [4.69, 9.17) is 0 Å². The van der Waals surface area contributed by atoms with E-state index < -0.39 is 5.82 Å². The summed E-state index contributed by atoms with van der Waals surface area (Å²) in [7, 11) is 0. The standard InChI is InChI=1S/C16H16FN3O2/c17-12-3-4-13(15(21)8-12)16(22)20-7-1-2-11(9-20)14-5-6-18-10-19-14/h3-6,8,10-11,21H,1-2,7,9H2/t11-/m0/s1. The number of hydrogen-bond donors (Lipinski definition) is 1. The molecule has 0 radical (unpaired) electrons. The van der Waals surface area contributed by atoms with Gasteiger partial charge in [-0.15, -0.1) is 0 Å². The molecule has 6 heteroatoms. The Balaban J connectivity index is 1.78. The van der Waals surface area contributed by atoms with Gasteiger partial charge in [0.05, 0.1) is 5.56 Å². The first kappa shape index (κ1) is 14.4. The Bertz CT molecular complexity index is 678. The van der Waals surface area contributed by atoms with Gasteiger partial charge >= 0.3 is 0 Å². The summed E-state index contributed by atoms with van der Waals surface area (Å²) in [5, 5.41) is 9.77. The lowest BCUT2D eigenvalue weighted by Crippen LogP contribution is -2.39. The fraction of sp³-hybridized carbons (Fsp3) is 0.312. The van der Waals surface area contributed by atoms with Crippen molar-refractivity contribution in [3.63, 3.8) is 0 Å². The smallest absolute Gasteiger partial charge is 0.257 e. The molecule has 2 heterocycles. The van der Waals surface area contributed by atoms with Gasteiger partial charge in [0.25, 0.3) is 5.91 Å². The van der Waals surface area contributed by atoms with Crippen molar-refractivity contribution in [3.05, 3.63) is 53.9 Å². The molecule has 1 saturated heterocycles. The number of aromatic nitrogens is 2. The average molecular weight is 301 g/mol. The van der Waals surface area contributed by atoms with E-state index in [1.54, 1.807) is 11.1 Å². The van der Waals surface area contributed by atoms with Crippen LogP contribution in [0.2, 0.25) is 0 Å². The van der Waals surface area contributed by atoms with Crippen molar-refractivity contribution in [1.82, 2.24) is 14.9 Å². The third-order valence-electron chi connectivity index (χ3n) is 3.92. The number of rotatable bonds is 2. The molecule has 114 valence electrons. The number of hydrogen-bond acceptors (Lipinski definition) is 4. The molecule has 1 aliphatic heterocycles. The summed E-state index contributed by atoms with van der Waals surface area (Å²) in [5.41, 5.74) is 1.04. The van der Waals surface area contributed by atoms with E-state index >= 15 is 0 Å². The molecule has 0 saturated carbocycles. The fourth-order valence-electron chi connectivity index (χ4n) is 2.80. The van der Waals surface area contributed by atoms with Crippen molar-refractivity contribution in [2.24, 2.45) is 0 Å². The summed E-state index contributed by atoms with van der Waals surface area (Å²) in [6, 6.07) is 5.31. The normalized spacial score (nSPS) is 18.2. The van der Waals surface area contributed by atoms with Crippen LogP contribution in [0.5, 0.6) is 5.75 Å². The van der Waals surface area contributed by atoms with E-state index in [1.807, 2.05) is 6.07 Å². The molecule has 1 amide bonds. The van der Waals surface area contributed by atoms with Crippen molar-refractivity contribution in [2.75, 3.05) is 13.1 Å². The highest BCUT2D eigenvalue weighted by Gasteiger charge is 2.27. The molecule has 1 aliphatic rings. The Morgan fingerprint density at radius 1 is 1.36 bits per heavy atom. The van der Waals surface area contributed by atoms with Crippen molar-refractivity contribution < 1.29 is 14.3 Å². The van der Waals surface area contributed by atoms with Crippen molar-refractivity contribution >= 4 is 5.91 Å². The zero-order valence-corrected chi connectivity index (χ0v) is 11.9. The zero-order chi connectivity index (χ0) is 15.5. The third-order valence-corrected chi connectivity index (χ3v) is 3.92. The first-order valence-corrected chi connectivity index (χ1v) is 7.19. The molecule has 1 atom stereocenters. The number of likely N-dealkylation sites (tertiary alicyclic amines) is 1. The topological polar surface area (TPSA) is 66.3 Å². The molecule has 0 aliphatic carbocycles. The van der Waals surface area contributed by atoms with E-state index in [9.17, 15) is 14.3 Å². The van der Waals surface area contributed by atoms with Gasteiger partial charge in [-0.2, -0.15) is 0 Å². The van der Waals surface area contributed by atoms with Crippen LogP contribution in [0.3, 0.4) is 0 Å². The predicted molar refractivity (Wildman–Crippen MR) is 78.0 cm³/mol. The Hall–Kier alpha value is -2.50.